The van der Waals surface area contributed by atoms with Crippen LogP contribution in [0.15, 0.2) is 41.3 Å². The molecule has 0 amide bonds. The van der Waals surface area contributed by atoms with Crippen LogP contribution >= 0.6 is 22.6 Å². The van der Waals surface area contributed by atoms with Crippen molar-refractivity contribution in [2.75, 3.05) is 7.11 Å². The Hall–Kier alpha value is -1.70. The van der Waals surface area contributed by atoms with Gasteiger partial charge in [-0.1, -0.05) is 6.07 Å². The van der Waals surface area contributed by atoms with Crippen LogP contribution in [0.3, 0.4) is 0 Å². The third kappa shape index (κ3) is 2.58. The average Bonchev–Trinajstić information content (AvgIpc) is 2.38. The minimum Gasteiger partial charge on any atom is -0.464 e. The molecule has 0 unspecified atom stereocenters. The molecular weight excluding hydrogens is 347 g/mol. The minimum atomic E-state index is -0.736. The number of hydrogen-bond donors (Lipinski definition) is 0. The highest BCUT2D eigenvalue weighted by atomic mass is 127. The summed E-state index contributed by atoms with van der Waals surface area (Å²) in [5.74, 6) is -0.736. The molecule has 0 saturated heterocycles. The average molecular weight is 356 g/mol. The Balaban J connectivity index is 2.54. The van der Waals surface area contributed by atoms with Crippen molar-refractivity contribution in [2.24, 2.45) is 0 Å². The van der Waals surface area contributed by atoms with E-state index in [1.165, 1.54) is 24.1 Å². The Kier molecular flexibility index (Phi) is 3.75. The molecule has 0 radical (unpaired) electrons. The number of carbonyl (C=O) groups excluding carboxylic acids is 1. The highest BCUT2D eigenvalue weighted by molar-refractivity contribution is 14.1. The van der Waals surface area contributed by atoms with Crippen molar-refractivity contribution in [3.05, 3.63) is 56.0 Å². The number of nitrogens with zero attached hydrogens (tertiary/aromatic N) is 2. The van der Waals surface area contributed by atoms with Crippen LogP contribution in [0.5, 0.6) is 0 Å². The summed E-state index contributed by atoms with van der Waals surface area (Å²) in [7, 11) is 1.21. The predicted octanol–water partition coefficient (Wildman–Crippen LogP) is 1.62. The Labute approximate surface area is 117 Å². The van der Waals surface area contributed by atoms with Gasteiger partial charge in [0.2, 0.25) is 11.1 Å². The first kappa shape index (κ1) is 12.7. The van der Waals surface area contributed by atoms with Gasteiger partial charge in [-0.15, -0.1) is 0 Å². The molecule has 0 atom stereocenters. The third-order valence-corrected chi connectivity index (χ3v) is 2.93. The molecule has 2 aromatic rings. The molecule has 0 saturated carbocycles. The first-order valence-electron chi connectivity index (χ1n) is 5.06. The first-order valence-corrected chi connectivity index (χ1v) is 6.14. The van der Waals surface area contributed by atoms with Crippen LogP contribution in [0.1, 0.15) is 10.5 Å². The van der Waals surface area contributed by atoms with Crippen molar-refractivity contribution in [3.8, 4) is 5.69 Å². The molecule has 2 rings (SSSR count). The number of esters is 1. The van der Waals surface area contributed by atoms with Crippen LogP contribution < -0.4 is 5.43 Å². The molecule has 5 nitrogen and oxygen atoms in total. The van der Waals surface area contributed by atoms with Gasteiger partial charge < -0.3 is 4.74 Å². The summed E-state index contributed by atoms with van der Waals surface area (Å²) in [6, 6.07) is 8.82. The number of halogens is 1. The summed E-state index contributed by atoms with van der Waals surface area (Å²) in [5.41, 5.74) is 0.0923. The molecule has 0 aliphatic carbocycles. The van der Waals surface area contributed by atoms with Gasteiger partial charge in [-0.3, -0.25) is 4.79 Å². The molecule has 0 aliphatic rings. The lowest BCUT2D eigenvalue weighted by atomic mass is 10.3. The number of aromatic nitrogens is 2. The highest BCUT2D eigenvalue weighted by Gasteiger charge is 2.13. The van der Waals surface area contributed by atoms with Crippen LogP contribution in [-0.2, 0) is 4.74 Å². The molecule has 1 aromatic heterocycles. The third-order valence-electron chi connectivity index (χ3n) is 2.26. The summed E-state index contributed by atoms with van der Waals surface area (Å²) < 4.78 is 7.02. The second-order valence-corrected chi connectivity index (χ2v) is 4.69. The Morgan fingerprint density at radius 2 is 2.17 bits per heavy atom. The van der Waals surface area contributed by atoms with Gasteiger partial charge in [0.05, 0.1) is 12.8 Å². The fourth-order valence-corrected chi connectivity index (χ4v) is 1.93. The number of carbonyl (C=O) groups is 1. The number of rotatable bonds is 2. The zero-order chi connectivity index (χ0) is 13.1. The van der Waals surface area contributed by atoms with Gasteiger partial charge in [-0.05, 0) is 40.8 Å². The highest BCUT2D eigenvalue weighted by Crippen LogP contribution is 2.10. The topological polar surface area (TPSA) is 61.2 Å². The van der Waals surface area contributed by atoms with Crippen molar-refractivity contribution < 1.29 is 9.53 Å². The maximum absolute atomic E-state index is 11.5. The quantitative estimate of drug-likeness (QED) is 0.606. The van der Waals surface area contributed by atoms with Crippen LogP contribution in [0.4, 0.5) is 0 Å². The molecule has 92 valence electrons. The van der Waals surface area contributed by atoms with Gasteiger partial charge in [0.1, 0.15) is 0 Å². The monoisotopic (exact) mass is 356 g/mol. The maximum Gasteiger partial charge on any atom is 0.362 e. The van der Waals surface area contributed by atoms with E-state index in [4.69, 9.17) is 0 Å². The Morgan fingerprint density at radius 3 is 2.83 bits per heavy atom. The summed E-state index contributed by atoms with van der Waals surface area (Å²) in [5, 5.41) is 3.98. The molecule has 0 bridgehead atoms. The zero-order valence-corrected chi connectivity index (χ0v) is 11.6. The van der Waals surface area contributed by atoms with E-state index >= 15 is 0 Å². The van der Waals surface area contributed by atoms with E-state index in [-0.39, 0.29) is 5.69 Å². The van der Waals surface area contributed by atoms with Crippen LogP contribution in [0, 0.1) is 3.57 Å². The predicted molar refractivity (Wildman–Crippen MR) is 73.9 cm³/mol. The van der Waals surface area contributed by atoms with Crippen molar-refractivity contribution in [1.29, 1.82) is 0 Å². The Morgan fingerprint density at radius 1 is 1.39 bits per heavy atom. The normalized spacial score (nSPS) is 10.1. The molecule has 18 heavy (non-hydrogen) atoms. The van der Waals surface area contributed by atoms with Crippen molar-refractivity contribution in [3.63, 3.8) is 0 Å². The van der Waals surface area contributed by atoms with Crippen molar-refractivity contribution >= 4 is 28.6 Å². The van der Waals surface area contributed by atoms with E-state index in [1.54, 1.807) is 0 Å². The zero-order valence-electron chi connectivity index (χ0n) is 9.46. The van der Waals surface area contributed by atoms with E-state index in [1.807, 2.05) is 24.3 Å². The summed E-state index contributed by atoms with van der Waals surface area (Å²) in [6.07, 6.45) is 1.51. The second kappa shape index (κ2) is 5.30. The van der Waals surface area contributed by atoms with E-state index in [0.717, 1.165) is 9.26 Å². The lowest BCUT2D eigenvalue weighted by Crippen LogP contribution is -2.21. The SMILES string of the molecule is COC(=O)c1nn(-c2cccc(I)c2)ccc1=O. The van der Waals surface area contributed by atoms with E-state index in [0.29, 0.717) is 0 Å². The summed E-state index contributed by atoms with van der Waals surface area (Å²) in [4.78, 5) is 22.9. The van der Waals surface area contributed by atoms with Crippen LogP contribution in [-0.4, -0.2) is 22.9 Å². The number of methoxy groups -OCH3 is 1. The number of hydrogen-bond acceptors (Lipinski definition) is 4. The standard InChI is InChI=1S/C12H9IN2O3/c1-18-12(17)11-10(16)5-6-15(14-11)9-4-2-3-8(13)7-9/h2-7H,1H3. The summed E-state index contributed by atoms with van der Waals surface area (Å²) in [6.45, 7) is 0. The van der Waals surface area contributed by atoms with Gasteiger partial charge in [0.25, 0.3) is 0 Å². The smallest absolute Gasteiger partial charge is 0.362 e. The van der Waals surface area contributed by atoms with Crippen molar-refractivity contribution in [1.82, 2.24) is 9.78 Å². The van der Waals surface area contributed by atoms with Crippen LogP contribution in [0.2, 0.25) is 0 Å². The van der Waals surface area contributed by atoms with E-state index in [2.05, 4.69) is 32.4 Å². The molecule has 1 heterocycles. The molecule has 0 aliphatic heterocycles. The van der Waals surface area contributed by atoms with E-state index in [9.17, 15) is 9.59 Å². The second-order valence-electron chi connectivity index (χ2n) is 3.44. The minimum absolute atomic E-state index is 0.223. The van der Waals surface area contributed by atoms with Gasteiger partial charge in [-0.25, -0.2) is 9.48 Å². The first-order chi connectivity index (χ1) is 8.61. The van der Waals surface area contributed by atoms with Gasteiger partial charge in [0, 0.05) is 15.8 Å². The Bertz CT molecular complexity index is 652. The van der Waals surface area contributed by atoms with Gasteiger partial charge >= 0.3 is 5.97 Å². The lowest BCUT2D eigenvalue weighted by Gasteiger charge is -2.06. The molecule has 0 fully saturated rings. The molecule has 6 heteroatoms. The van der Waals surface area contributed by atoms with Gasteiger partial charge in [0.15, 0.2) is 0 Å². The van der Waals surface area contributed by atoms with Crippen LogP contribution in [0.25, 0.3) is 5.69 Å². The fourth-order valence-electron chi connectivity index (χ4n) is 1.41. The molecule has 0 spiro atoms. The number of ether oxygens (including phenoxy) is 1. The van der Waals surface area contributed by atoms with Crippen molar-refractivity contribution in [2.45, 2.75) is 0 Å². The molecule has 0 N–H and O–H groups in total. The largest absolute Gasteiger partial charge is 0.464 e. The fraction of sp³-hybridized carbons (Fsp3) is 0.0833. The lowest BCUT2D eigenvalue weighted by molar-refractivity contribution is 0.0590. The number of benzene rings is 1. The molecule has 1 aromatic carbocycles. The maximum atomic E-state index is 11.5. The van der Waals surface area contributed by atoms with E-state index < -0.39 is 11.4 Å². The molecular formula is C12H9IN2O3. The summed E-state index contributed by atoms with van der Waals surface area (Å²) >= 11 is 2.17. The van der Waals surface area contributed by atoms with Gasteiger partial charge in [-0.2, -0.15) is 5.10 Å².